The summed E-state index contributed by atoms with van der Waals surface area (Å²) in [7, 11) is 1.41. The second kappa shape index (κ2) is 9.47. The van der Waals surface area contributed by atoms with Crippen molar-refractivity contribution in [3.8, 4) is 0 Å². The molecule has 7 nitrogen and oxygen atoms in total. The number of benzene rings is 2. The minimum atomic E-state index is -4.66. The highest BCUT2D eigenvalue weighted by Gasteiger charge is 2.33. The Bertz CT molecular complexity index is 1200. The van der Waals surface area contributed by atoms with E-state index in [0.717, 1.165) is 17.0 Å². The van der Waals surface area contributed by atoms with Crippen LogP contribution in [-0.2, 0) is 22.3 Å². The molecule has 2 amide bonds. The maximum Gasteiger partial charge on any atom is 0.419 e. The number of rotatable bonds is 7. The van der Waals surface area contributed by atoms with Gasteiger partial charge in [-0.1, -0.05) is 23.7 Å². The summed E-state index contributed by atoms with van der Waals surface area (Å²) < 4.78 is 45.4. The summed E-state index contributed by atoms with van der Waals surface area (Å²) in [6.45, 7) is -0.0932. The van der Waals surface area contributed by atoms with Crippen molar-refractivity contribution >= 4 is 40.2 Å². The lowest BCUT2D eigenvalue weighted by atomic mass is 10.2. The second-order valence-corrected chi connectivity index (χ2v) is 7.49. The van der Waals surface area contributed by atoms with Crippen molar-refractivity contribution in [2.45, 2.75) is 25.6 Å². The first-order valence-corrected chi connectivity index (χ1v) is 9.93. The summed E-state index contributed by atoms with van der Waals surface area (Å²) in [5.41, 5.74) is -0.0745. The number of aryl methyl sites for hydroxylation is 1. The number of likely N-dealkylation sites (N-methyl/N-ethyl adjacent to an activating group) is 1. The van der Waals surface area contributed by atoms with Crippen LogP contribution in [0.4, 0.5) is 18.9 Å². The van der Waals surface area contributed by atoms with Gasteiger partial charge in [0.05, 0.1) is 22.6 Å². The van der Waals surface area contributed by atoms with Gasteiger partial charge in [0, 0.05) is 25.7 Å². The molecule has 0 aliphatic carbocycles. The van der Waals surface area contributed by atoms with Gasteiger partial charge in [-0.2, -0.15) is 13.2 Å². The summed E-state index contributed by atoms with van der Waals surface area (Å²) in [4.78, 5) is 37.6. The number of nitrogens with zero attached hydrogens (tertiary/aromatic N) is 2. The molecule has 0 saturated carbocycles. The van der Waals surface area contributed by atoms with Crippen molar-refractivity contribution in [3.63, 3.8) is 0 Å². The molecule has 0 spiro atoms. The van der Waals surface area contributed by atoms with Gasteiger partial charge >= 0.3 is 11.9 Å². The number of fused-ring (bicyclic) bond motifs is 1. The molecule has 0 atom stereocenters. The number of carbonyl (C=O) groups is 2. The van der Waals surface area contributed by atoms with Crippen LogP contribution in [0.5, 0.6) is 0 Å². The van der Waals surface area contributed by atoms with Crippen LogP contribution in [0.1, 0.15) is 18.4 Å². The van der Waals surface area contributed by atoms with E-state index in [0.29, 0.717) is 17.5 Å². The molecular formula is C21H19ClF3N3O4. The molecule has 2 aromatic carbocycles. The van der Waals surface area contributed by atoms with Gasteiger partial charge in [0.2, 0.25) is 11.8 Å². The standard InChI is InChI=1S/C21H19ClF3N3O4/c1-27(12-18(29)26-13-8-9-15(22)14(11-13)21(23,24)25)19(30)7-4-10-28-16-5-2-3-6-17(16)32-20(28)31/h2-3,5-6,8-9,11H,4,7,10,12H2,1H3,(H,26,29). The van der Waals surface area contributed by atoms with Crippen molar-refractivity contribution in [1.29, 1.82) is 0 Å². The van der Waals surface area contributed by atoms with Gasteiger partial charge in [0.25, 0.3) is 0 Å². The Morgan fingerprint density at radius 2 is 1.91 bits per heavy atom. The Kier molecular flexibility index (Phi) is 6.93. The fraction of sp³-hybridized carbons (Fsp3) is 0.286. The van der Waals surface area contributed by atoms with Gasteiger partial charge in [-0.3, -0.25) is 14.2 Å². The maximum absolute atomic E-state index is 12.9. The fourth-order valence-corrected chi connectivity index (χ4v) is 3.35. The molecular weight excluding hydrogens is 451 g/mol. The van der Waals surface area contributed by atoms with Crippen LogP contribution in [0.2, 0.25) is 5.02 Å². The minimum Gasteiger partial charge on any atom is -0.408 e. The molecule has 0 fully saturated rings. The minimum absolute atomic E-state index is 0.0644. The number of alkyl halides is 3. The molecule has 0 radical (unpaired) electrons. The lowest BCUT2D eigenvalue weighted by Crippen LogP contribution is -2.35. The van der Waals surface area contributed by atoms with E-state index < -0.39 is 28.4 Å². The van der Waals surface area contributed by atoms with E-state index in [1.54, 1.807) is 24.3 Å². The summed E-state index contributed by atoms with van der Waals surface area (Å²) in [5.74, 6) is -1.53. The quantitative estimate of drug-likeness (QED) is 0.563. The van der Waals surface area contributed by atoms with E-state index in [-0.39, 0.29) is 31.1 Å². The lowest BCUT2D eigenvalue weighted by Gasteiger charge is -2.17. The number of amides is 2. The average Bonchev–Trinajstić information content (AvgIpc) is 3.03. The molecule has 32 heavy (non-hydrogen) atoms. The molecule has 0 saturated heterocycles. The fourth-order valence-electron chi connectivity index (χ4n) is 3.13. The highest BCUT2D eigenvalue weighted by atomic mass is 35.5. The third-order valence-electron chi connectivity index (χ3n) is 4.71. The summed E-state index contributed by atoms with van der Waals surface area (Å²) in [6, 6.07) is 9.93. The molecule has 1 aromatic heterocycles. The average molecular weight is 470 g/mol. The normalized spacial score (nSPS) is 11.5. The molecule has 3 aromatic rings. The number of halogens is 4. The first kappa shape index (κ1) is 23.4. The Morgan fingerprint density at radius 1 is 1.19 bits per heavy atom. The largest absolute Gasteiger partial charge is 0.419 e. The van der Waals surface area contributed by atoms with Crippen molar-refractivity contribution in [3.05, 3.63) is 63.6 Å². The Hall–Kier alpha value is -3.27. The highest BCUT2D eigenvalue weighted by Crippen LogP contribution is 2.36. The molecule has 0 bridgehead atoms. The summed E-state index contributed by atoms with van der Waals surface area (Å²) >= 11 is 5.56. The lowest BCUT2D eigenvalue weighted by molar-refractivity contribution is -0.137. The van der Waals surface area contributed by atoms with Crippen LogP contribution in [-0.4, -0.2) is 34.9 Å². The van der Waals surface area contributed by atoms with Crippen LogP contribution in [0.3, 0.4) is 0 Å². The summed E-state index contributed by atoms with van der Waals surface area (Å²) in [6.07, 6.45) is -4.26. The number of hydrogen-bond acceptors (Lipinski definition) is 4. The molecule has 1 heterocycles. The monoisotopic (exact) mass is 469 g/mol. The number of para-hydroxylation sites is 2. The molecule has 1 N–H and O–H groups in total. The predicted molar refractivity (Wildman–Crippen MR) is 112 cm³/mol. The van der Waals surface area contributed by atoms with Crippen molar-refractivity contribution in [1.82, 2.24) is 9.47 Å². The van der Waals surface area contributed by atoms with Gasteiger partial charge in [-0.15, -0.1) is 0 Å². The highest BCUT2D eigenvalue weighted by molar-refractivity contribution is 6.31. The van der Waals surface area contributed by atoms with E-state index in [2.05, 4.69) is 5.32 Å². The van der Waals surface area contributed by atoms with Crippen LogP contribution in [0, 0.1) is 0 Å². The van der Waals surface area contributed by atoms with E-state index in [1.165, 1.54) is 17.7 Å². The van der Waals surface area contributed by atoms with E-state index in [4.69, 9.17) is 16.0 Å². The van der Waals surface area contributed by atoms with Gasteiger partial charge in [0.1, 0.15) is 0 Å². The number of oxazole rings is 1. The molecule has 170 valence electrons. The van der Waals surface area contributed by atoms with Gasteiger partial charge in [0.15, 0.2) is 5.58 Å². The zero-order valence-corrected chi connectivity index (χ0v) is 17.7. The first-order valence-electron chi connectivity index (χ1n) is 9.55. The molecule has 11 heteroatoms. The number of carbonyl (C=O) groups excluding carboxylic acids is 2. The van der Waals surface area contributed by atoms with Gasteiger partial charge in [-0.05, 0) is 36.8 Å². The van der Waals surface area contributed by atoms with Gasteiger partial charge < -0.3 is 14.6 Å². The topological polar surface area (TPSA) is 84.5 Å². The first-order chi connectivity index (χ1) is 15.1. The number of aromatic nitrogens is 1. The Morgan fingerprint density at radius 3 is 2.62 bits per heavy atom. The maximum atomic E-state index is 12.9. The van der Waals surface area contributed by atoms with Crippen LogP contribution < -0.4 is 11.1 Å². The van der Waals surface area contributed by atoms with Crippen molar-refractivity contribution in [2.75, 3.05) is 18.9 Å². The summed E-state index contributed by atoms with van der Waals surface area (Å²) in [5, 5.41) is 1.84. The van der Waals surface area contributed by atoms with E-state index >= 15 is 0 Å². The Balaban J connectivity index is 1.52. The second-order valence-electron chi connectivity index (χ2n) is 7.08. The zero-order chi connectivity index (χ0) is 23.5. The molecule has 0 aliphatic heterocycles. The van der Waals surface area contributed by atoms with E-state index in [1.807, 2.05) is 0 Å². The molecule has 3 rings (SSSR count). The van der Waals surface area contributed by atoms with Gasteiger partial charge in [-0.25, -0.2) is 4.79 Å². The SMILES string of the molecule is CN(CC(=O)Nc1ccc(Cl)c(C(F)(F)F)c1)C(=O)CCCn1c(=O)oc2ccccc21. The molecule has 0 unspecified atom stereocenters. The third kappa shape index (κ3) is 5.50. The van der Waals surface area contributed by atoms with Crippen molar-refractivity contribution < 1.29 is 27.2 Å². The van der Waals surface area contributed by atoms with Crippen LogP contribution >= 0.6 is 11.6 Å². The van der Waals surface area contributed by atoms with Crippen LogP contribution in [0.15, 0.2) is 51.7 Å². The number of anilines is 1. The number of hydrogen-bond donors (Lipinski definition) is 1. The number of nitrogens with one attached hydrogen (secondary N) is 1. The zero-order valence-electron chi connectivity index (χ0n) is 16.9. The Labute approximate surface area is 185 Å². The van der Waals surface area contributed by atoms with Crippen LogP contribution in [0.25, 0.3) is 11.1 Å². The molecule has 0 aliphatic rings. The third-order valence-corrected chi connectivity index (χ3v) is 5.04. The van der Waals surface area contributed by atoms with E-state index in [9.17, 15) is 27.6 Å². The van der Waals surface area contributed by atoms with Crippen molar-refractivity contribution in [2.24, 2.45) is 0 Å². The predicted octanol–water partition coefficient (Wildman–Crippen LogP) is 4.14. The smallest absolute Gasteiger partial charge is 0.408 e.